The fourth-order valence-corrected chi connectivity index (χ4v) is 5.89. The Kier molecular flexibility index (Phi) is 6.05. The monoisotopic (exact) mass is 398 g/mol. The molecule has 0 heterocycles. The van der Waals surface area contributed by atoms with E-state index in [1.807, 2.05) is 0 Å². The largest absolute Gasteiger partial charge is 0.171 e. The Morgan fingerprint density at radius 1 is 0.700 bits per heavy atom. The number of hydrogen-bond acceptors (Lipinski definition) is 0. The van der Waals surface area contributed by atoms with Gasteiger partial charge in [-0.3, -0.25) is 0 Å². The average molecular weight is 401 g/mol. The van der Waals surface area contributed by atoms with Crippen molar-refractivity contribution in [2.45, 2.75) is 76.7 Å². The standard InChI is InChI=1S/C14H20Cl6/c15-11-8-5-9-12(16,14(19,20)13(11,17)18)10-6-3-1-2-4-7-10/h10-11H,1-9H2. The van der Waals surface area contributed by atoms with Gasteiger partial charge < -0.3 is 0 Å². The first-order chi connectivity index (χ1) is 9.23. The van der Waals surface area contributed by atoms with Gasteiger partial charge in [0.25, 0.3) is 0 Å². The summed E-state index contributed by atoms with van der Waals surface area (Å²) in [7, 11) is 0. The second-order valence-electron chi connectivity index (χ2n) is 6.11. The molecule has 0 aromatic carbocycles. The van der Waals surface area contributed by atoms with E-state index >= 15 is 0 Å². The van der Waals surface area contributed by atoms with Gasteiger partial charge in [-0.1, -0.05) is 72.1 Å². The molecule has 6 heteroatoms. The van der Waals surface area contributed by atoms with Crippen molar-refractivity contribution in [3.63, 3.8) is 0 Å². The minimum absolute atomic E-state index is 0.237. The lowest BCUT2D eigenvalue weighted by Crippen LogP contribution is -2.58. The molecule has 118 valence electrons. The Morgan fingerprint density at radius 3 is 1.80 bits per heavy atom. The van der Waals surface area contributed by atoms with Crippen molar-refractivity contribution in [1.82, 2.24) is 0 Å². The highest BCUT2D eigenvalue weighted by Gasteiger charge is 2.66. The van der Waals surface area contributed by atoms with Crippen LogP contribution in [-0.4, -0.2) is 18.9 Å². The van der Waals surface area contributed by atoms with Gasteiger partial charge in [-0.15, -0.1) is 23.2 Å². The van der Waals surface area contributed by atoms with Crippen LogP contribution in [0, 0.1) is 5.92 Å². The van der Waals surface area contributed by atoms with Crippen LogP contribution < -0.4 is 0 Å². The zero-order valence-corrected chi connectivity index (χ0v) is 15.8. The number of halogens is 6. The van der Waals surface area contributed by atoms with Gasteiger partial charge in [0.2, 0.25) is 0 Å². The van der Waals surface area contributed by atoms with Gasteiger partial charge in [0.15, 0.2) is 8.67 Å². The molecule has 0 spiro atoms. The summed E-state index contributed by atoms with van der Waals surface area (Å²) in [5.74, 6) is 0.237. The van der Waals surface area contributed by atoms with Gasteiger partial charge >= 0.3 is 0 Å². The van der Waals surface area contributed by atoms with Crippen molar-refractivity contribution in [2.24, 2.45) is 5.92 Å². The van der Waals surface area contributed by atoms with Gasteiger partial charge in [-0.25, -0.2) is 0 Å². The molecule has 0 amide bonds. The number of rotatable bonds is 1. The van der Waals surface area contributed by atoms with E-state index in [1.165, 1.54) is 12.8 Å². The molecule has 0 aromatic rings. The second-order valence-corrected chi connectivity index (χ2v) is 10.0. The molecule has 2 unspecified atom stereocenters. The normalized spacial score (nSPS) is 39.0. The summed E-state index contributed by atoms with van der Waals surface area (Å²) in [6.07, 6.45) is 9.08. The maximum atomic E-state index is 6.98. The Hall–Kier alpha value is 1.74. The lowest BCUT2D eigenvalue weighted by molar-refractivity contribution is 0.283. The zero-order valence-electron chi connectivity index (χ0n) is 11.3. The van der Waals surface area contributed by atoms with Crippen LogP contribution in [0.1, 0.15) is 57.8 Å². The van der Waals surface area contributed by atoms with Crippen molar-refractivity contribution >= 4 is 69.6 Å². The summed E-state index contributed by atoms with van der Waals surface area (Å²) in [5.41, 5.74) is 0. The summed E-state index contributed by atoms with van der Waals surface area (Å²) in [4.78, 5) is -0.812. The molecule has 2 aliphatic carbocycles. The fourth-order valence-electron chi connectivity index (χ4n) is 3.55. The Bertz CT molecular complexity index is 335. The first-order valence-electron chi connectivity index (χ1n) is 7.32. The van der Waals surface area contributed by atoms with Crippen LogP contribution in [0.15, 0.2) is 0 Å². The van der Waals surface area contributed by atoms with Gasteiger partial charge in [0.1, 0.15) is 0 Å². The fraction of sp³-hybridized carbons (Fsp3) is 1.00. The zero-order chi connectivity index (χ0) is 15.0. The number of alkyl halides is 6. The average Bonchev–Trinajstić information content (AvgIpc) is 2.68. The molecule has 0 aliphatic heterocycles. The molecule has 0 bridgehead atoms. The molecule has 2 fully saturated rings. The Morgan fingerprint density at radius 2 is 1.25 bits per heavy atom. The highest BCUT2D eigenvalue weighted by Crippen LogP contribution is 2.62. The summed E-state index contributed by atoms with van der Waals surface area (Å²) >= 11 is 39.5. The molecular formula is C14H20Cl6. The maximum absolute atomic E-state index is 6.98. The quantitative estimate of drug-likeness (QED) is 0.326. The Labute approximate surface area is 151 Å². The van der Waals surface area contributed by atoms with E-state index in [2.05, 4.69) is 0 Å². The summed E-state index contributed by atoms with van der Waals surface area (Å²) in [6, 6.07) is 0. The number of hydrogen-bond donors (Lipinski definition) is 0. The van der Waals surface area contributed by atoms with Gasteiger partial charge in [-0.2, -0.15) is 0 Å². The van der Waals surface area contributed by atoms with Crippen LogP contribution in [0.25, 0.3) is 0 Å². The van der Waals surface area contributed by atoms with Gasteiger partial charge in [-0.05, 0) is 38.0 Å². The van der Waals surface area contributed by atoms with E-state index in [4.69, 9.17) is 69.6 Å². The summed E-state index contributed by atoms with van der Waals surface area (Å²) < 4.78 is -2.90. The smallest absolute Gasteiger partial charge is 0.120 e. The van der Waals surface area contributed by atoms with E-state index in [9.17, 15) is 0 Å². The van der Waals surface area contributed by atoms with Gasteiger partial charge in [0, 0.05) is 0 Å². The SMILES string of the molecule is ClC1CCCC(Cl)(C2CCCCCC2)C(Cl)(Cl)C1(Cl)Cl. The topological polar surface area (TPSA) is 0 Å². The predicted molar refractivity (Wildman–Crippen MR) is 92.1 cm³/mol. The van der Waals surface area contributed by atoms with E-state index in [0.29, 0.717) is 12.8 Å². The van der Waals surface area contributed by atoms with Crippen LogP contribution in [-0.2, 0) is 0 Å². The highest BCUT2D eigenvalue weighted by atomic mass is 35.5. The molecule has 0 aromatic heterocycles. The van der Waals surface area contributed by atoms with Crippen LogP contribution in [0.2, 0.25) is 0 Å². The van der Waals surface area contributed by atoms with Crippen molar-refractivity contribution < 1.29 is 0 Å². The minimum Gasteiger partial charge on any atom is -0.120 e. The molecule has 2 rings (SSSR count). The third-order valence-corrected chi connectivity index (χ3v) is 9.33. The molecule has 0 nitrogen and oxygen atoms in total. The van der Waals surface area contributed by atoms with Crippen molar-refractivity contribution in [1.29, 1.82) is 0 Å². The molecule has 0 radical (unpaired) electrons. The van der Waals surface area contributed by atoms with Crippen LogP contribution in [0.5, 0.6) is 0 Å². The van der Waals surface area contributed by atoms with Crippen molar-refractivity contribution in [2.75, 3.05) is 0 Å². The van der Waals surface area contributed by atoms with Crippen LogP contribution in [0.4, 0.5) is 0 Å². The second kappa shape index (κ2) is 6.70. The molecule has 20 heavy (non-hydrogen) atoms. The lowest BCUT2D eigenvalue weighted by Gasteiger charge is -2.48. The highest BCUT2D eigenvalue weighted by molar-refractivity contribution is 6.66. The van der Waals surface area contributed by atoms with Crippen molar-refractivity contribution in [3.05, 3.63) is 0 Å². The molecule has 2 atom stereocenters. The van der Waals surface area contributed by atoms with E-state index < -0.39 is 18.9 Å². The van der Waals surface area contributed by atoms with Crippen LogP contribution in [0.3, 0.4) is 0 Å². The summed E-state index contributed by atoms with van der Waals surface area (Å²) in [6.45, 7) is 0. The first kappa shape index (κ1) is 18.1. The molecule has 2 aliphatic rings. The van der Waals surface area contributed by atoms with E-state index in [0.717, 1.165) is 32.1 Å². The van der Waals surface area contributed by atoms with E-state index in [-0.39, 0.29) is 5.92 Å². The third-order valence-electron chi connectivity index (χ3n) is 4.83. The van der Waals surface area contributed by atoms with Crippen LogP contribution >= 0.6 is 69.6 Å². The molecular weight excluding hydrogens is 381 g/mol. The van der Waals surface area contributed by atoms with E-state index in [1.54, 1.807) is 0 Å². The molecule has 2 saturated carbocycles. The maximum Gasteiger partial charge on any atom is 0.171 e. The molecule has 0 saturated heterocycles. The third kappa shape index (κ3) is 3.04. The van der Waals surface area contributed by atoms with Crippen molar-refractivity contribution in [3.8, 4) is 0 Å². The lowest BCUT2D eigenvalue weighted by atomic mass is 9.79. The predicted octanol–water partition coefficient (Wildman–Crippen LogP) is 7.07. The first-order valence-corrected chi connectivity index (χ1v) is 9.65. The van der Waals surface area contributed by atoms with Gasteiger partial charge in [0.05, 0.1) is 10.3 Å². The summed E-state index contributed by atoms with van der Waals surface area (Å²) in [5, 5.41) is -0.493. The minimum atomic E-state index is -1.46. The Balaban J connectivity index is 2.35. The molecule has 0 N–H and O–H groups in total.